The van der Waals surface area contributed by atoms with Crippen LogP contribution in [-0.4, -0.2) is 43.9 Å². The standard InChI is InChI=1S/C14H22N6O/c1-11(13-9-16-19(4)10-13)17-14(21)18(3)7-8-20-6-5-15-12(20)2/h5-6,9-11H,7-8H2,1-4H3,(H,17,21)/t11-/m1/s1. The average molecular weight is 290 g/mol. The first-order chi connectivity index (χ1) is 9.97. The first-order valence-corrected chi connectivity index (χ1v) is 6.95. The van der Waals surface area contributed by atoms with Gasteiger partial charge in [0.15, 0.2) is 0 Å². The van der Waals surface area contributed by atoms with Crippen LogP contribution >= 0.6 is 0 Å². The number of nitrogens with one attached hydrogen (secondary N) is 1. The topological polar surface area (TPSA) is 68.0 Å². The minimum atomic E-state index is -0.0934. The van der Waals surface area contributed by atoms with Gasteiger partial charge in [0.1, 0.15) is 5.82 Å². The number of urea groups is 1. The Hall–Kier alpha value is -2.31. The number of hydrogen-bond donors (Lipinski definition) is 1. The Morgan fingerprint density at radius 1 is 1.52 bits per heavy atom. The highest BCUT2D eigenvalue weighted by Crippen LogP contribution is 2.10. The van der Waals surface area contributed by atoms with Crippen LogP contribution < -0.4 is 5.32 Å². The lowest BCUT2D eigenvalue weighted by Crippen LogP contribution is -2.40. The molecule has 7 heteroatoms. The fraction of sp³-hybridized carbons (Fsp3) is 0.500. The second-order valence-corrected chi connectivity index (χ2v) is 5.21. The van der Waals surface area contributed by atoms with Gasteiger partial charge in [-0.3, -0.25) is 4.68 Å². The van der Waals surface area contributed by atoms with Crippen LogP contribution in [0.3, 0.4) is 0 Å². The minimum Gasteiger partial charge on any atom is -0.333 e. The van der Waals surface area contributed by atoms with Gasteiger partial charge >= 0.3 is 6.03 Å². The largest absolute Gasteiger partial charge is 0.333 e. The third kappa shape index (κ3) is 3.84. The van der Waals surface area contributed by atoms with Crippen molar-refractivity contribution in [1.82, 2.24) is 29.5 Å². The summed E-state index contributed by atoms with van der Waals surface area (Å²) in [6, 6.07) is -0.159. The lowest BCUT2D eigenvalue weighted by Gasteiger charge is -2.21. The summed E-state index contributed by atoms with van der Waals surface area (Å²) in [6.45, 7) is 5.26. The number of nitrogens with zero attached hydrogens (tertiary/aromatic N) is 5. The van der Waals surface area contributed by atoms with Gasteiger partial charge in [-0.05, 0) is 13.8 Å². The van der Waals surface area contributed by atoms with Crippen molar-refractivity contribution < 1.29 is 4.79 Å². The van der Waals surface area contributed by atoms with Gasteiger partial charge in [-0.2, -0.15) is 5.10 Å². The van der Waals surface area contributed by atoms with Crippen LogP contribution in [-0.2, 0) is 13.6 Å². The number of likely N-dealkylation sites (N-methyl/N-ethyl adjacent to an activating group) is 1. The maximum absolute atomic E-state index is 12.1. The molecule has 2 amide bonds. The Bertz CT molecular complexity index is 602. The van der Waals surface area contributed by atoms with E-state index >= 15 is 0 Å². The third-order valence-corrected chi connectivity index (χ3v) is 3.51. The number of aromatic nitrogens is 4. The van der Waals surface area contributed by atoms with Crippen LogP contribution in [0.5, 0.6) is 0 Å². The van der Waals surface area contributed by atoms with E-state index in [9.17, 15) is 4.79 Å². The molecule has 21 heavy (non-hydrogen) atoms. The molecule has 0 unspecified atom stereocenters. The van der Waals surface area contributed by atoms with Crippen molar-refractivity contribution in [2.45, 2.75) is 26.4 Å². The predicted molar refractivity (Wildman–Crippen MR) is 79.7 cm³/mol. The van der Waals surface area contributed by atoms with Crippen molar-refractivity contribution in [3.05, 3.63) is 36.2 Å². The Kier molecular flexibility index (Phi) is 4.62. The van der Waals surface area contributed by atoms with E-state index in [1.165, 1.54) is 0 Å². The molecule has 0 spiro atoms. The van der Waals surface area contributed by atoms with E-state index in [-0.39, 0.29) is 12.1 Å². The molecule has 0 saturated heterocycles. The summed E-state index contributed by atoms with van der Waals surface area (Å²) < 4.78 is 3.75. The molecular formula is C14H22N6O. The minimum absolute atomic E-state index is 0.0661. The number of amides is 2. The van der Waals surface area contributed by atoms with Crippen molar-refractivity contribution in [2.24, 2.45) is 7.05 Å². The maximum Gasteiger partial charge on any atom is 0.317 e. The molecule has 0 aliphatic heterocycles. The molecule has 0 saturated carbocycles. The Balaban J connectivity index is 1.83. The van der Waals surface area contributed by atoms with E-state index in [0.29, 0.717) is 6.54 Å². The molecule has 0 aliphatic rings. The SMILES string of the molecule is Cc1nccn1CCN(C)C(=O)N[C@H](C)c1cnn(C)c1. The molecule has 1 atom stereocenters. The molecule has 7 nitrogen and oxygen atoms in total. The number of aryl methyl sites for hydroxylation is 2. The molecular weight excluding hydrogens is 268 g/mol. The highest BCUT2D eigenvalue weighted by molar-refractivity contribution is 5.74. The van der Waals surface area contributed by atoms with Crippen LogP contribution in [0, 0.1) is 6.92 Å². The van der Waals surface area contributed by atoms with Crippen LogP contribution in [0.2, 0.25) is 0 Å². The fourth-order valence-corrected chi connectivity index (χ4v) is 2.04. The highest BCUT2D eigenvalue weighted by Gasteiger charge is 2.14. The fourth-order valence-electron chi connectivity index (χ4n) is 2.04. The molecule has 2 aromatic heterocycles. The van der Waals surface area contributed by atoms with Gasteiger partial charge in [-0.1, -0.05) is 0 Å². The van der Waals surface area contributed by atoms with E-state index in [2.05, 4.69) is 15.4 Å². The number of imidazole rings is 1. The lowest BCUT2D eigenvalue weighted by atomic mass is 10.2. The molecule has 0 fully saturated rings. The van der Waals surface area contributed by atoms with Crippen molar-refractivity contribution in [2.75, 3.05) is 13.6 Å². The van der Waals surface area contributed by atoms with E-state index in [1.54, 1.807) is 29.0 Å². The number of rotatable bonds is 5. The molecule has 0 bridgehead atoms. The number of carbonyl (C=O) groups excluding carboxylic acids is 1. The van der Waals surface area contributed by atoms with Gasteiger partial charge in [0, 0.05) is 51.3 Å². The van der Waals surface area contributed by atoms with Gasteiger partial charge in [-0.15, -0.1) is 0 Å². The van der Waals surface area contributed by atoms with Crippen molar-refractivity contribution in [3.63, 3.8) is 0 Å². The molecule has 2 aromatic rings. The second kappa shape index (κ2) is 6.43. The Morgan fingerprint density at radius 2 is 2.29 bits per heavy atom. The quantitative estimate of drug-likeness (QED) is 0.903. The highest BCUT2D eigenvalue weighted by atomic mass is 16.2. The van der Waals surface area contributed by atoms with E-state index in [0.717, 1.165) is 17.9 Å². The third-order valence-electron chi connectivity index (χ3n) is 3.51. The van der Waals surface area contributed by atoms with Gasteiger partial charge in [0.05, 0.1) is 12.2 Å². The molecule has 0 aromatic carbocycles. The van der Waals surface area contributed by atoms with E-state index in [1.807, 2.05) is 37.9 Å². The normalized spacial score (nSPS) is 12.2. The maximum atomic E-state index is 12.1. The van der Waals surface area contributed by atoms with E-state index in [4.69, 9.17) is 0 Å². The van der Waals surface area contributed by atoms with Gasteiger partial charge in [0.25, 0.3) is 0 Å². The first-order valence-electron chi connectivity index (χ1n) is 6.95. The zero-order chi connectivity index (χ0) is 15.4. The van der Waals surface area contributed by atoms with Crippen molar-refractivity contribution in [1.29, 1.82) is 0 Å². The van der Waals surface area contributed by atoms with Crippen molar-refractivity contribution in [3.8, 4) is 0 Å². The van der Waals surface area contributed by atoms with Crippen LogP contribution in [0.4, 0.5) is 4.79 Å². The number of carbonyl (C=O) groups is 1. The summed E-state index contributed by atoms with van der Waals surface area (Å²) in [5.41, 5.74) is 0.990. The molecule has 2 rings (SSSR count). The van der Waals surface area contributed by atoms with Crippen LogP contribution in [0.1, 0.15) is 24.4 Å². The summed E-state index contributed by atoms with van der Waals surface area (Å²) in [5, 5.41) is 7.07. The summed E-state index contributed by atoms with van der Waals surface area (Å²) >= 11 is 0. The van der Waals surface area contributed by atoms with E-state index < -0.39 is 0 Å². The predicted octanol–water partition coefficient (Wildman–Crippen LogP) is 1.33. The average Bonchev–Trinajstić information content (AvgIpc) is 3.04. The smallest absolute Gasteiger partial charge is 0.317 e. The molecule has 2 heterocycles. The van der Waals surface area contributed by atoms with Crippen LogP contribution in [0.25, 0.3) is 0 Å². The first kappa shape index (κ1) is 15.1. The Morgan fingerprint density at radius 3 is 2.86 bits per heavy atom. The summed E-state index contributed by atoms with van der Waals surface area (Å²) in [6.07, 6.45) is 7.35. The monoisotopic (exact) mass is 290 g/mol. The van der Waals surface area contributed by atoms with Gasteiger partial charge in [-0.25, -0.2) is 9.78 Å². The molecule has 114 valence electrons. The number of hydrogen-bond acceptors (Lipinski definition) is 3. The Labute approximate surface area is 124 Å². The van der Waals surface area contributed by atoms with Crippen LogP contribution in [0.15, 0.2) is 24.8 Å². The summed E-state index contributed by atoms with van der Waals surface area (Å²) in [5.74, 6) is 0.951. The zero-order valence-electron chi connectivity index (χ0n) is 12.9. The second-order valence-electron chi connectivity index (χ2n) is 5.21. The molecule has 0 aliphatic carbocycles. The van der Waals surface area contributed by atoms with Gasteiger partial charge < -0.3 is 14.8 Å². The summed E-state index contributed by atoms with van der Waals surface area (Å²) in [4.78, 5) is 18.0. The zero-order valence-corrected chi connectivity index (χ0v) is 12.9. The molecule has 1 N–H and O–H groups in total. The lowest BCUT2D eigenvalue weighted by molar-refractivity contribution is 0.203. The van der Waals surface area contributed by atoms with Gasteiger partial charge in [0.2, 0.25) is 0 Å². The summed E-state index contributed by atoms with van der Waals surface area (Å²) in [7, 11) is 3.65. The van der Waals surface area contributed by atoms with Crippen molar-refractivity contribution >= 4 is 6.03 Å². The molecule has 0 radical (unpaired) electrons.